The highest BCUT2D eigenvalue weighted by molar-refractivity contribution is 5.27. The van der Waals surface area contributed by atoms with Crippen molar-refractivity contribution in [2.75, 3.05) is 6.54 Å². The summed E-state index contributed by atoms with van der Waals surface area (Å²) in [6, 6.07) is 10.1. The second kappa shape index (κ2) is 6.76. The molecule has 0 amide bonds. The Bertz CT molecular complexity index is 395. The van der Waals surface area contributed by atoms with Crippen LogP contribution in [0.15, 0.2) is 24.3 Å². The molecule has 1 atom stereocenters. The van der Waals surface area contributed by atoms with Gasteiger partial charge in [0.05, 0.1) is 0 Å². The maximum absolute atomic E-state index is 3.61. The first-order chi connectivity index (χ1) is 9.45. The molecule has 1 aromatic carbocycles. The van der Waals surface area contributed by atoms with Crippen LogP contribution < -0.4 is 5.32 Å². The number of aryl methyl sites for hydroxylation is 1. The molecule has 112 valence electrons. The van der Waals surface area contributed by atoms with E-state index in [0.29, 0.717) is 0 Å². The summed E-state index contributed by atoms with van der Waals surface area (Å²) in [6.07, 6.45) is 6.63. The quantitative estimate of drug-likeness (QED) is 0.759. The van der Waals surface area contributed by atoms with Crippen LogP contribution in [0, 0.1) is 5.92 Å². The highest BCUT2D eigenvalue weighted by Crippen LogP contribution is 2.23. The van der Waals surface area contributed by atoms with Crippen molar-refractivity contribution in [1.29, 1.82) is 0 Å². The van der Waals surface area contributed by atoms with Gasteiger partial charge in [-0.15, -0.1) is 0 Å². The van der Waals surface area contributed by atoms with Crippen LogP contribution >= 0.6 is 0 Å². The lowest BCUT2D eigenvalue weighted by atomic mass is 9.86. The van der Waals surface area contributed by atoms with Crippen molar-refractivity contribution in [1.82, 2.24) is 5.32 Å². The molecular weight excluding hydrogens is 242 g/mol. The SMILES string of the molecule is CC(CCNC1CC1)CCc1ccc(C(C)(C)C)cc1. The maximum atomic E-state index is 3.61. The molecular formula is C19H31N. The van der Waals surface area contributed by atoms with Gasteiger partial charge in [-0.25, -0.2) is 0 Å². The van der Waals surface area contributed by atoms with Crippen molar-refractivity contribution >= 4 is 0 Å². The molecule has 1 nitrogen and oxygen atoms in total. The van der Waals surface area contributed by atoms with Gasteiger partial charge >= 0.3 is 0 Å². The molecule has 1 aliphatic rings. The second-order valence-corrected chi connectivity index (χ2v) is 7.61. The van der Waals surface area contributed by atoms with Gasteiger partial charge in [0, 0.05) is 6.04 Å². The Kier molecular flexibility index (Phi) is 5.26. The molecule has 0 heterocycles. The molecule has 2 rings (SSSR count). The van der Waals surface area contributed by atoms with Crippen LogP contribution in [-0.4, -0.2) is 12.6 Å². The van der Waals surface area contributed by atoms with Gasteiger partial charge in [0.25, 0.3) is 0 Å². The molecule has 0 aliphatic heterocycles. The van der Waals surface area contributed by atoms with Crippen molar-refractivity contribution in [3.63, 3.8) is 0 Å². The lowest BCUT2D eigenvalue weighted by Gasteiger charge is -2.19. The van der Waals surface area contributed by atoms with Gasteiger partial charge < -0.3 is 5.32 Å². The van der Waals surface area contributed by atoms with E-state index in [0.717, 1.165) is 12.0 Å². The zero-order valence-corrected chi connectivity index (χ0v) is 13.7. The van der Waals surface area contributed by atoms with Crippen LogP contribution in [0.25, 0.3) is 0 Å². The molecule has 0 aromatic heterocycles. The van der Waals surface area contributed by atoms with Gasteiger partial charge in [-0.1, -0.05) is 52.0 Å². The standard InChI is InChI=1S/C19H31N/c1-15(13-14-20-18-11-12-18)5-6-16-7-9-17(10-8-16)19(2,3)4/h7-10,15,18,20H,5-6,11-14H2,1-4H3. The van der Waals surface area contributed by atoms with Crippen molar-refractivity contribution in [3.8, 4) is 0 Å². The minimum absolute atomic E-state index is 0.264. The van der Waals surface area contributed by atoms with E-state index in [1.807, 2.05) is 0 Å². The summed E-state index contributed by atoms with van der Waals surface area (Å²) in [5.74, 6) is 0.823. The van der Waals surface area contributed by atoms with Gasteiger partial charge in [-0.3, -0.25) is 0 Å². The predicted octanol–water partition coefficient (Wildman–Crippen LogP) is 4.69. The van der Waals surface area contributed by atoms with E-state index >= 15 is 0 Å². The Labute approximate surface area is 125 Å². The Morgan fingerprint density at radius 1 is 1.10 bits per heavy atom. The average Bonchev–Trinajstić information content (AvgIpc) is 3.20. The Morgan fingerprint density at radius 2 is 1.75 bits per heavy atom. The van der Waals surface area contributed by atoms with Crippen molar-refractivity contribution in [2.45, 2.75) is 71.3 Å². The van der Waals surface area contributed by atoms with Crippen molar-refractivity contribution in [3.05, 3.63) is 35.4 Å². The topological polar surface area (TPSA) is 12.0 Å². The van der Waals surface area contributed by atoms with E-state index in [9.17, 15) is 0 Å². The molecule has 1 N–H and O–H groups in total. The van der Waals surface area contributed by atoms with E-state index < -0.39 is 0 Å². The molecule has 1 heteroatoms. The van der Waals surface area contributed by atoms with Crippen LogP contribution in [0.5, 0.6) is 0 Å². The lowest BCUT2D eigenvalue weighted by molar-refractivity contribution is 0.469. The third-order valence-corrected chi connectivity index (χ3v) is 4.39. The average molecular weight is 273 g/mol. The van der Waals surface area contributed by atoms with Crippen LogP contribution in [0.2, 0.25) is 0 Å². The van der Waals surface area contributed by atoms with Gasteiger partial charge in [-0.2, -0.15) is 0 Å². The van der Waals surface area contributed by atoms with E-state index in [1.165, 1.54) is 49.8 Å². The molecule has 20 heavy (non-hydrogen) atoms. The van der Waals surface area contributed by atoms with E-state index in [4.69, 9.17) is 0 Å². The third-order valence-electron chi connectivity index (χ3n) is 4.39. The molecule has 0 saturated heterocycles. The fraction of sp³-hybridized carbons (Fsp3) is 0.684. The molecule has 1 saturated carbocycles. The summed E-state index contributed by atoms with van der Waals surface area (Å²) >= 11 is 0. The van der Waals surface area contributed by atoms with Gasteiger partial charge in [0.15, 0.2) is 0 Å². The number of hydrogen-bond donors (Lipinski definition) is 1. The van der Waals surface area contributed by atoms with Crippen LogP contribution in [0.4, 0.5) is 0 Å². The maximum Gasteiger partial charge on any atom is 0.00682 e. The Morgan fingerprint density at radius 3 is 2.30 bits per heavy atom. The van der Waals surface area contributed by atoms with E-state index in [1.54, 1.807) is 0 Å². The first kappa shape index (κ1) is 15.6. The smallest absolute Gasteiger partial charge is 0.00682 e. The third kappa shape index (κ3) is 5.28. The molecule has 0 bridgehead atoms. The van der Waals surface area contributed by atoms with Gasteiger partial charge in [0.1, 0.15) is 0 Å². The second-order valence-electron chi connectivity index (χ2n) is 7.61. The summed E-state index contributed by atoms with van der Waals surface area (Å²) in [6.45, 7) is 10.4. The molecule has 1 aromatic rings. The monoisotopic (exact) mass is 273 g/mol. The van der Waals surface area contributed by atoms with Crippen molar-refractivity contribution in [2.24, 2.45) is 5.92 Å². The molecule has 1 fully saturated rings. The van der Waals surface area contributed by atoms with E-state index in [2.05, 4.69) is 57.3 Å². The highest BCUT2D eigenvalue weighted by Gasteiger charge is 2.19. The summed E-state index contributed by atoms with van der Waals surface area (Å²) in [4.78, 5) is 0. The first-order valence-electron chi connectivity index (χ1n) is 8.28. The lowest BCUT2D eigenvalue weighted by Crippen LogP contribution is -2.19. The summed E-state index contributed by atoms with van der Waals surface area (Å²) in [5, 5.41) is 3.61. The molecule has 1 aliphatic carbocycles. The number of hydrogen-bond acceptors (Lipinski definition) is 1. The largest absolute Gasteiger partial charge is 0.314 e. The number of nitrogens with one attached hydrogen (secondary N) is 1. The summed E-state index contributed by atoms with van der Waals surface area (Å²) in [5.41, 5.74) is 3.18. The predicted molar refractivity (Wildman–Crippen MR) is 88.3 cm³/mol. The number of rotatable bonds is 7. The zero-order valence-electron chi connectivity index (χ0n) is 13.7. The Balaban J connectivity index is 1.69. The minimum atomic E-state index is 0.264. The first-order valence-corrected chi connectivity index (χ1v) is 8.28. The molecule has 1 unspecified atom stereocenters. The van der Waals surface area contributed by atoms with Crippen LogP contribution in [-0.2, 0) is 11.8 Å². The molecule has 0 spiro atoms. The van der Waals surface area contributed by atoms with Gasteiger partial charge in [0.2, 0.25) is 0 Å². The zero-order chi connectivity index (χ0) is 14.6. The van der Waals surface area contributed by atoms with E-state index in [-0.39, 0.29) is 5.41 Å². The Hall–Kier alpha value is -0.820. The van der Waals surface area contributed by atoms with Crippen LogP contribution in [0.3, 0.4) is 0 Å². The van der Waals surface area contributed by atoms with Crippen molar-refractivity contribution < 1.29 is 0 Å². The van der Waals surface area contributed by atoms with Crippen LogP contribution in [0.1, 0.15) is 64.5 Å². The minimum Gasteiger partial charge on any atom is -0.314 e. The van der Waals surface area contributed by atoms with Gasteiger partial charge in [-0.05, 0) is 61.1 Å². The molecule has 0 radical (unpaired) electrons. The fourth-order valence-corrected chi connectivity index (χ4v) is 2.55. The number of benzene rings is 1. The highest BCUT2D eigenvalue weighted by atomic mass is 14.9. The fourth-order valence-electron chi connectivity index (χ4n) is 2.55. The summed E-state index contributed by atoms with van der Waals surface area (Å²) in [7, 11) is 0. The summed E-state index contributed by atoms with van der Waals surface area (Å²) < 4.78 is 0. The normalized spacial score (nSPS) is 17.2.